The van der Waals surface area contributed by atoms with Crippen LogP contribution in [0.2, 0.25) is 0 Å². The summed E-state index contributed by atoms with van der Waals surface area (Å²) in [5.41, 5.74) is 0. The Kier molecular flexibility index (Phi) is 2.60. The molecular weight excluding hydrogens is 128 g/mol. The maximum Gasteiger partial charge on any atom is 0.378 e. The lowest BCUT2D eigenvalue weighted by Gasteiger charge is -2.26. The van der Waals surface area contributed by atoms with E-state index in [4.69, 9.17) is 10.4 Å². The number of carbonyl (C=O) groups is 1. The van der Waals surface area contributed by atoms with E-state index in [1.807, 2.05) is 0 Å². The molecule has 1 atom stereocenters. The third-order valence-corrected chi connectivity index (χ3v) is 0.612. The van der Waals surface area contributed by atoms with Crippen molar-refractivity contribution in [3.8, 4) is 6.07 Å². The average molecular weight is 131 g/mol. The van der Waals surface area contributed by atoms with Gasteiger partial charge in [-0.05, 0) is 0 Å². The molecule has 6 heteroatoms. The van der Waals surface area contributed by atoms with Gasteiger partial charge in [0, 0.05) is 0 Å². The van der Waals surface area contributed by atoms with E-state index in [0.717, 1.165) is 6.07 Å². The summed E-state index contributed by atoms with van der Waals surface area (Å²) in [5.74, 6) is -1.70. The molecule has 50 valence electrons. The number of aliphatic carboxylic acids is 1. The number of hydrogen-bond donors (Lipinski definition) is 2. The van der Waals surface area contributed by atoms with Crippen LogP contribution < -0.4 is 5.23 Å². The van der Waals surface area contributed by atoms with Crippen LogP contribution in [0.3, 0.4) is 0 Å². The number of carboxylic acid groups (broad SMARTS) is 1. The first-order chi connectivity index (χ1) is 4.09. The van der Waals surface area contributed by atoms with Gasteiger partial charge in [-0.2, -0.15) is 5.26 Å². The summed E-state index contributed by atoms with van der Waals surface area (Å²) in [7, 11) is 0. The number of hydrogen-bond acceptors (Lipinski definition) is 4. The van der Waals surface area contributed by atoms with Crippen LogP contribution in [0.4, 0.5) is 0 Å². The molecule has 2 N–H and O–H groups in total. The summed E-state index contributed by atoms with van der Waals surface area (Å²) in [6.07, 6.45) is 0. The standard InChI is InChI=1S/C3H3N2O4/c4-1-2(3(6)7)5(8)9/h2,5H,(H,6,7)/q-1. The van der Waals surface area contributed by atoms with Crippen LogP contribution in [0.25, 0.3) is 0 Å². The number of nitrogens with zero attached hydrogens (tertiary/aromatic N) is 1. The van der Waals surface area contributed by atoms with Crippen molar-refractivity contribution >= 4 is 5.97 Å². The van der Waals surface area contributed by atoms with Crippen molar-refractivity contribution in [1.82, 2.24) is 0 Å². The van der Waals surface area contributed by atoms with Gasteiger partial charge in [0.25, 0.3) is 6.04 Å². The van der Waals surface area contributed by atoms with E-state index < -0.39 is 17.2 Å². The van der Waals surface area contributed by atoms with Crippen molar-refractivity contribution in [2.24, 2.45) is 0 Å². The molecule has 0 heterocycles. The minimum Gasteiger partial charge on any atom is -0.632 e. The first kappa shape index (κ1) is 7.84. The number of quaternary nitrogens is 1. The Morgan fingerprint density at radius 2 is 2.22 bits per heavy atom. The molecule has 1 unspecified atom stereocenters. The molecular formula is C3H3N2O4-. The number of rotatable bonds is 2. The van der Waals surface area contributed by atoms with Crippen molar-refractivity contribution in [2.45, 2.75) is 6.04 Å². The Balaban J connectivity index is 4.04. The Labute approximate surface area is 50.1 Å². The molecule has 0 aliphatic rings. The molecule has 0 saturated heterocycles. The normalized spacial score (nSPS) is 12.7. The van der Waals surface area contributed by atoms with Gasteiger partial charge in [0.2, 0.25) is 0 Å². The van der Waals surface area contributed by atoms with E-state index in [9.17, 15) is 15.2 Å². The molecule has 0 aromatic heterocycles. The number of carboxylic acids is 1. The molecule has 0 aliphatic heterocycles. The fraction of sp³-hybridized carbons (Fsp3) is 0.333. The molecule has 0 fully saturated rings. The highest BCUT2D eigenvalue weighted by molar-refractivity contribution is 5.74. The first-order valence-electron chi connectivity index (χ1n) is 1.93. The van der Waals surface area contributed by atoms with Crippen molar-refractivity contribution < 1.29 is 15.1 Å². The quantitative estimate of drug-likeness (QED) is 0.414. The topological polar surface area (TPSA) is 112 Å². The monoisotopic (exact) mass is 131 g/mol. The van der Waals surface area contributed by atoms with Gasteiger partial charge < -0.3 is 20.7 Å². The second-order valence-corrected chi connectivity index (χ2v) is 1.22. The molecule has 0 amide bonds. The van der Waals surface area contributed by atoms with Gasteiger partial charge in [0.05, 0.1) is 0 Å². The van der Waals surface area contributed by atoms with Gasteiger partial charge >= 0.3 is 5.97 Å². The van der Waals surface area contributed by atoms with Crippen LogP contribution >= 0.6 is 0 Å². The summed E-state index contributed by atoms with van der Waals surface area (Å²) in [4.78, 5) is 9.73. The zero-order valence-corrected chi connectivity index (χ0v) is 4.20. The summed E-state index contributed by atoms with van der Waals surface area (Å²) >= 11 is 0. The van der Waals surface area contributed by atoms with Crippen LogP contribution in [0.1, 0.15) is 0 Å². The predicted octanol–water partition coefficient (Wildman–Crippen LogP) is -2.16. The van der Waals surface area contributed by atoms with Crippen molar-refractivity contribution in [3.05, 3.63) is 10.4 Å². The second-order valence-electron chi connectivity index (χ2n) is 1.22. The molecule has 0 bridgehead atoms. The summed E-state index contributed by atoms with van der Waals surface area (Å²) in [5, 5.41) is 33.1. The molecule has 0 spiro atoms. The lowest BCUT2D eigenvalue weighted by Crippen LogP contribution is -3.07. The van der Waals surface area contributed by atoms with Crippen molar-refractivity contribution in [2.75, 3.05) is 0 Å². The van der Waals surface area contributed by atoms with Crippen LogP contribution in [0.15, 0.2) is 0 Å². The van der Waals surface area contributed by atoms with Crippen LogP contribution in [0, 0.1) is 21.7 Å². The minimum absolute atomic E-state index is 1.04. The molecule has 0 rings (SSSR count). The number of hydroxylamine groups is 2. The predicted molar refractivity (Wildman–Crippen MR) is 24.7 cm³/mol. The van der Waals surface area contributed by atoms with E-state index in [1.165, 1.54) is 0 Å². The van der Waals surface area contributed by atoms with E-state index in [0.29, 0.717) is 0 Å². The van der Waals surface area contributed by atoms with Crippen molar-refractivity contribution in [3.63, 3.8) is 0 Å². The summed E-state index contributed by atoms with van der Waals surface area (Å²) < 4.78 is 0. The SMILES string of the molecule is N#CC(C(=O)O)[NH+]([O-])[O-]. The maximum absolute atomic E-state index is 9.73. The van der Waals surface area contributed by atoms with Crippen LogP contribution in [-0.2, 0) is 4.79 Å². The Bertz CT molecular complexity index is 148. The van der Waals surface area contributed by atoms with Gasteiger partial charge in [-0.15, -0.1) is 0 Å². The largest absolute Gasteiger partial charge is 0.632 e. The lowest BCUT2D eigenvalue weighted by atomic mass is 10.4. The Morgan fingerprint density at radius 3 is 2.22 bits per heavy atom. The molecule has 0 aliphatic carbocycles. The molecule has 0 aromatic rings. The van der Waals surface area contributed by atoms with Gasteiger partial charge in [-0.1, -0.05) is 0 Å². The van der Waals surface area contributed by atoms with E-state index in [1.54, 1.807) is 0 Å². The third kappa shape index (κ3) is 2.05. The highest BCUT2D eigenvalue weighted by Gasteiger charge is 2.17. The molecule has 6 nitrogen and oxygen atoms in total. The zero-order valence-electron chi connectivity index (χ0n) is 4.20. The maximum atomic E-state index is 9.73. The third-order valence-electron chi connectivity index (χ3n) is 0.612. The van der Waals surface area contributed by atoms with E-state index >= 15 is 0 Å². The molecule has 0 saturated carbocycles. The number of nitriles is 1. The molecule has 0 aromatic carbocycles. The fourth-order valence-corrected chi connectivity index (χ4v) is 0.209. The Morgan fingerprint density at radius 1 is 1.78 bits per heavy atom. The molecule has 9 heavy (non-hydrogen) atoms. The van der Waals surface area contributed by atoms with Gasteiger partial charge in [-0.25, -0.2) is 4.79 Å². The first-order valence-corrected chi connectivity index (χ1v) is 1.93. The van der Waals surface area contributed by atoms with E-state index in [2.05, 4.69) is 0 Å². The highest BCUT2D eigenvalue weighted by Crippen LogP contribution is 1.70. The van der Waals surface area contributed by atoms with Crippen LogP contribution in [0.5, 0.6) is 0 Å². The second kappa shape index (κ2) is 2.99. The number of nitrogens with one attached hydrogen (secondary N) is 1. The smallest absolute Gasteiger partial charge is 0.378 e. The summed E-state index contributed by atoms with van der Waals surface area (Å²) in [6, 6.07) is -1.01. The van der Waals surface area contributed by atoms with Gasteiger partial charge in [-0.3, -0.25) is 0 Å². The average Bonchev–Trinajstić information content (AvgIpc) is 1.64. The Hall–Kier alpha value is -1.16. The fourth-order valence-electron chi connectivity index (χ4n) is 0.209. The van der Waals surface area contributed by atoms with Gasteiger partial charge in [0.1, 0.15) is 6.07 Å². The zero-order chi connectivity index (χ0) is 7.44. The highest BCUT2D eigenvalue weighted by atomic mass is 16.8. The van der Waals surface area contributed by atoms with Gasteiger partial charge in [0.15, 0.2) is 0 Å². The summed E-state index contributed by atoms with van der Waals surface area (Å²) in [6.45, 7) is 0. The lowest BCUT2D eigenvalue weighted by molar-refractivity contribution is -0.802. The van der Waals surface area contributed by atoms with Crippen LogP contribution in [-0.4, -0.2) is 17.1 Å². The molecule has 0 radical (unpaired) electrons. The minimum atomic E-state index is -2.05. The van der Waals surface area contributed by atoms with Crippen molar-refractivity contribution in [1.29, 1.82) is 5.26 Å². The van der Waals surface area contributed by atoms with E-state index in [-0.39, 0.29) is 0 Å².